The number of aliphatic hydroxyl groups excluding tert-OH is 1. The Morgan fingerprint density at radius 2 is 1.73 bits per heavy atom. The van der Waals surface area contributed by atoms with Crippen LogP contribution in [-0.2, 0) is 21.3 Å². The Hall–Kier alpha value is -3.38. The lowest BCUT2D eigenvalue weighted by molar-refractivity contribution is -0.149. The molecule has 11 heteroatoms. The van der Waals surface area contributed by atoms with Crippen molar-refractivity contribution in [2.75, 3.05) is 6.54 Å². The zero-order chi connectivity index (χ0) is 26.8. The first-order valence-corrected chi connectivity index (χ1v) is 13.4. The van der Waals surface area contributed by atoms with Gasteiger partial charge >= 0.3 is 6.09 Å². The fraction of sp³-hybridized carbons (Fsp3) is 0.346. The maximum Gasteiger partial charge on any atom is 0.413 e. The lowest BCUT2D eigenvalue weighted by Crippen LogP contribution is -2.51. The second kappa shape index (κ2) is 13.2. The Labute approximate surface area is 216 Å². The van der Waals surface area contributed by atoms with Crippen LogP contribution in [-0.4, -0.2) is 54.0 Å². The molecule has 2 aromatic carbocycles. The molecule has 0 spiro atoms. The number of carbonyl (C=O) groups is 1. The molecule has 0 radical (unpaired) electrons. The number of hydrogen-bond donors (Lipinski definition) is 3. The Balaban J connectivity index is 1.86. The molecular weight excluding hydrogens is 500 g/mol. The van der Waals surface area contributed by atoms with E-state index in [-0.39, 0.29) is 22.8 Å². The predicted molar refractivity (Wildman–Crippen MR) is 135 cm³/mol. The van der Waals surface area contributed by atoms with Gasteiger partial charge in [-0.15, -0.1) is 0 Å². The van der Waals surface area contributed by atoms with Gasteiger partial charge in [0.05, 0.1) is 36.0 Å². The predicted octanol–water partition coefficient (Wildman–Crippen LogP) is 3.86. The molecule has 1 amide bonds. The summed E-state index contributed by atoms with van der Waals surface area (Å²) in [5.41, 5.74) is 0.809. The number of hydrogen-bond acceptors (Lipinski definition) is 8. The second-order valence-electron chi connectivity index (χ2n) is 8.38. The zero-order valence-electron chi connectivity index (χ0n) is 20.7. The van der Waals surface area contributed by atoms with Crippen molar-refractivity contribution in [2.24, 2.45) is 0 Å². The van der Waals surface area contributed by atoms with Crippen LogP contribution >= 0.6 is 0 Å². The van der Waals surface area contributed by atoms with Crippen molar-refractivity contribution in [3.63, 3.8) is 0 Å². The molecule has 3 N–H and O–H groups in total. The number of nitrogens with zero attached hydrogens (tertiary/aromatic N) is 1. The molecule has 0 bridgehead atoms. The number of phenolic OH excluding ortho intramolecular Hbond substituents is 1. The van der Waals surface area contributed by atoms with Gasteiger partial charge in [0.15, 0.2) is 5.75 Å². The summed E-state index contributed by atoms with van der Waals surface area (Å²) in [6.07, 6.45) is 1.23. The zero-order valence-corrected chi connectivity index (χ0v) is 21.5. The van der Waals surface area contributed by atoms with Crippen LogP contribution in [0.1, 0.15) is 32.3 Å². The topological polar surface area (TPSA) is 139 Å². The molecule has 0 aliphatic heterocycles. The molecule has 37 heavy (non-hydrogen) atoms. The Bertz CT molecular complexity index is 1200. The highest BCUT2D eigenvalue weighted by atomic mass is 32.2. The van der Waals surface area contributed by atoms with Crippen LogP contribution in [0.2, 0.25) is 0 Å². The van der Waals surface area contributed by atoms with E-state index in [2.05, 4.69) is 5.32 Å². The molecular formula is C26H32N2O8S. The normalized spacial score (nSPS) is 13.4. The first kappa shape index (κ1) is 28.2. The number of sulfonamides is 1. The summed E-state index contributed by atoms with van der Waals surface area (Å²) >= 11 is 0. The minimum atomic E-state index is -4.22. The average Bonchev–Trinajstić information content (AvgIpc) is 3.39. The number of aliphatic hydroxyl groups is 1. The van der Waals surface area contributed by atoms with Gasteiger partial charge in [-0.05, 0) is 49.1 Å². The lowest BCUT2D eigenvalue weighted by atomic mass is 10.0. The quantitative estimate of drug-likeness (QED) is 0.282. The van der Waals surface area contributed by atoms with Crippen LogP contribution in [0.4, 0.5) is 4.79 Å². The van der Waals surface area contributed by atoms with Gasteiger partial charge < -0.3 is 24.7 Å². The van der Waals surface area contributed by atoms with Gasteiger partial charge in [-0.1, -0.05) is 48.6 Å². The molecule has 0 unspecified atom stereocenters. The fourth-order valence-electron chi connectivity index (χ4n) is 3.57. The third-order valence-corrected chi connectivity index (χ3v) is 7.33. The van der Waals surface area contributed by atoms with Crippen molar-refractivity contribution in [1.82, 2.24) is 9.79 Å². The highest BCUT2D eigenvalue weighted by molar-refractivity contribution is 7.89. The summed E-state index contributed by atoms with van der Waals surface area (Å²) < 4.78 is 37.7. The number of nitrogens with one attached hydrogen (secondary N) is 1. The molecule has 0 fully saturated rings. The molecule has 2 atom stereocenters. The standard InChI is InChI=1S/C26H32N2O8S/c1-3-21(4-2)36-28(37(32,33)23-12-10-20(29)11-13-23)17-25(30)24(16-19-8-6-5-7-9-19)27-26(31)35-22-14-15-34-18-22/h5-15,18,21,24-25,29-30H,3-4,16-17H2,1-2H3,(H,27,31)/t24-,25+/m0/s1. The van der Waals surface area contributed by atoms with E-state index in [1.165, 1.54) is 42.9 Å². The van der Waals surface area contributed by atoms with E-state index in [0.29, 0.717) is 12.8 Å². The molecule has 200 valence electrons. The number of phenols is 1. The summed E-state index contributed by atoms with van der Waals surface area (Å²) in [5.74, 6) is 0.0914. The maximum atomic E-state index is 13.4. The van der Waals surface area contributed by atoms with Crippen LogP contribution in [0.15, 0.2) is 82.5 Å². The highest BCUT2D eigenvalue weighted by Gasteiger charge is 2.33. The lowest BCUT2D eigenvalue weighted by Gasteiger charge is -2.31. The van der Waals surface area contributed by atoms with Gasteiger partial charge in [-0.25, -0.2) is 13.2 Å². The monoisotopic (exact) mass is 532 g/mol. The maximum absolute atomic E-state index is 13.4. The largest absolute Gasteiger partial charge is 0.508 e. The summed E-state index contributed by atoms with van der Waals surface area (Å²) in [7, 11) is -4.22. The number of carbonyl (C=O) groups excluding carboxylic acids is 1. The molecule has 0 aliphatic rings. The van der Waals surface area contributed by atoms with Gasteiger partial charge in [0.2, 0.25) is 0 Å². The number of rotatable bonds is 13. The summed E-state index contributed by atoms with van der Waals surface area (Å²) in [4.78, 5) is 18.3. The fourth-order valence-corrected chi connectivity index (χ4v) is 4.87. The van der Waals surface area contributed by atoms with E-state index < -0.39 is 40.9 Å². The molecule has 0 saturated carbocycles. The number of ether oxygens (including phenoxy) is 1. The van der Waals surface area contributed by atoms with Gasteiger partial charge in [-0.2, -0.15) is 0 Å². The van der Waals surface area contributed by atoms with E-state index in [4.69, 9.17) is 14.0 Å². The Kier molecular flexibility index (Phi) is 10.1. The SMILES string of the molecule is CCC(CC)ON(C[C@@H](O)[C@H](Cc1ccccc1)NC(=O)Oc1ccoc1)S(=O)(=O)c1ccc(O)cc1. The third kappa shape index (κ3) is 8.05. The van der Waals surface area contributed by atoms with E-state index in [0.717, 1.165) is 10.0 Å². The minimum absolute atomic E-state index is 0.0882. The first-order chi connectivity index (χ1) is 17.7. The molecule has 1 heterocycles. The van der Waals surface area contributed by atoms with Crippen molar-refractivity contribution in [3.8, 4) is 11.5 Å². The number of furan rings is 1. The summed E-state index contributed by atoms with van der Waals surface area (Å²) in [6, 6.07) is 14.7. The van der Waals surface area contributed by atoms with Gasteiger partial charge in [-0.3, -0.25) is 4.84 Å². The van der Waals surface area contributed by atoms with Gasteiger partial charge in [0.1, 0.15) is 12.0 Å². The first-order valence-electron chi connectivity index (χ1n) is 11.9. The highest BCUT2D eigenvalue weighted by Crippen LogP contribution is 2.22. The van der Waals surface area contributed by atoms with Crippen molar-refractivity contribution in [3.05, 3.63) is 78.8 Å². The molecule has 3 aromatic rings. The molecule has 0 aliphatic carbocycles. The molecule has 10 nitrogen and oxygen atoms in total. The van der Waals surface area contributed by atoms with Crippen LogP contribution in [0.25, 0.3) is 0 Å². The van der Waals surface area contributed by atoms with E-state index in [1.54, 1.807) is 0 Å². The number of amides is 1. The number of benzene rings is 2. The van der Waals surface area contributed by atoms with Crippen LogP contribution < -0.4 is 10.1 Å². The molecule has 3 rings (SSSR count). The van der Waals surface area contributed by atoms with Gasteiger partial charge in [0.25, 0.3) is 10.0 Å². The van der Waals surface area contributed by atoms with E-state index in [9.17, 15) is 23.4 Å². The second-order valence-corrected chi connectivity index (χ2v) is 10.2. The Morgan fingerprint density at radius 1 is 1.05 bits per heavy atom. The van der Waals surface area contributed by atoms with Crippen LogP contribution in [0.5, 0.6) is 11.5 Å². The van der Waals surface area contributed by atoms with Crippen molar-refractivity contribution in [1.29, 1.82) is 0 Å². The summed E-state index contributed by atoms with van der Waals surface area (Å²) in [5, 5.41) is 23.4. The summed E-state index contributed by atoms with van der Waals surface area (Å²) in [6.45, 7) is 3.26. The van der Waals surface area contributed by atoms with Crippen molar-refractivity contribution >= 4 is 16.1 Å². The van der Waals surface area contributed by atoms with E-state index >= 15 is 0 Å². The average molecular weight is 533 g/mol. The number of hydroxylamine groups is 1. The number of aromatic hydroxyl groups is 1. The Morgan fingerprint density at radius 3 is 2.32 bits per heavy atom. The van der Waals surface area contributed by atoms with Crippen molar-refractivity contribution < 1.29 is 37.4 Å². The van der Waals surface area contributed by atoms with Crippen LogP contribution in [0, 0.1) is 0 Å². The molecule has 1 aromatic heterocycles. The van der Waals surface area contributed by atoms with Crippen LogP contribution in [0.3, 0.4) is 0 Å². The minimum Gasteiger partial charge on any atom is -0.508 e. The third-order valence-electron chi connectivity index (χ3n) is 5.69. The van der Waals surface area contributed by atoms with E-state index in [1.807, 2.05) is 44.2 Å². The van der Waals surface area contributed by atoms with Crippen molar-refractivity contribution in [2.45, 2.75) is 56.3 Å². The molecule has 0 saturated heterocycles. The smallest absolute Gasteiger partial charge is 0.413 e. The van der Waals surface area contributed by atoms with Gasteiger partial charge in [0, 0.05) is 6.07 Å².